The molecule has 1 aliphatic rings. The van der Waals surface area contributed by atoms with Gasteiger partial charge < -0.3 is 14.8 Å². The van der Waals surface area contributed by atoms with Gasteiger partial charge in [-0.1, -0.05) is 11.6 Å². The van der Waals surface area contributed by atoms with Crippen LogP contribution >= 0.6 is 11.6 Å². The lowest BCUT2D eigenvalue weighted by Crippen LogP contribution is -2.34. The second-order valence-corrected chi connectivity index (χ2v) is 7.66. The highest BCUT2D eigenvalue weighted by Gasteiger charge is 2.20. The van der Waals surface area contributed by atoms with Gasteiger partial charge in [0.15, 0.2) is 6.61 Å². The number of carbonyl (C=O) groups is 2. The van der Waals surface area contributed by atoms with Crippen molar-refractivity contribution in [3.8, 4) is 0 Å². The fourth-order valence-corrected chi connectivity index (χ4v) is 3.19. The van der Waals surface area contributed by atoms with E-state index in [4.69, 9.17) is 21.1 Å². The van der Waals surface area contributed by atoms with Crippen LogP contribution in [0, 0.1) is 0 Å². The molecule has 1 aliphatic heterocycles. The fraction of sp³-hybridized carbons (Fsp3) is 0.467. The Bertz CT molecular complexity index is 746. The van der Waals surface area contributed by atoms with Crippen LogP contribution in [-0.2, 0) is 24.3 Å². The minimum absolute atomic E-state index is 0.0162. The Balaban J connectivity index is 1.93. The van der Waals surface area contributed by atoms with Gasteiger partial charge >= 0.3 is 5.97 Å². The number of rotatable bonds is 7. The zero-order valence-electron chi connectivity index (χ0n) is 13.6. The van der Waals surface area contributed by atoms with Crippen molar-refractivity contribution >= 4 is 33.5 Å². The third-order valence-corrected chi connectivity index (χ3v) is 5.36. The second-order valence-electron chi connectivity index (χ2n) is 5.36. The number of ether oxygens (including phenoxy) is 2. The number of halogens is 1. The summed E-state index contributed by atoms with van der Waals surface area (Å²) in [7, 11) is -2.48. The van der Waals surface area contributed by atoms with E-state index in [1.807, 2.05) is 0 Å². The molecule has 0 bridgehead atoms. The van der Waals surface area contributed by atoms with Gasteiger partial charge in [-0.05, 0) is 38.1 Å². The van der Waals surface area contributed by atoms with Gasteiger partial charge in [0.25, 0.3) is 5.91 Å². The highest BCUT2D eigenvalue weighted by Crippen LogP contribution is 2.21. The maximum absolute atomic E-state index is 12.1. The summed E-state index contributed by atoms with van der Waals surface area (Å²) in [6.07, 6.45) is 1.82. The van der Waals surface area contributed by atoms with Crippen LogP contribution in [-0.4, -0.2) is 53.2 Å². The van der Waals surface area contributed by atoms with Crippen LogP contribution in [0.5, 0.6) is 0 Å². The van der Waals surface area contributed by atoms with Crippen LogP contribution in [0.2, 0.25) is 5.02 Å². The van der Waals surface area contributed by atoms with Crippen molar-refractivity contribution in [2.75, 3.05) is 26.8 Å². The largest absolute Gasteiger partial charge is 0.452 e. The monoisotopic (exact) mass is 390 g/mol. The van der Waals surface area contributed by atoms with Gasteiger partial charge in [0.2, 0.25) is 10.0 Å². The van der Waals surface area contributed by atoms with Gasteiger partial charge in [-0.3, -0.25) is 4.79 Å². The molecule has 2 N–H and O–H groups in total. The summed E-state index contributed by atoms with van der Waals surface area (Å²) in [6.45, 7) is 0.539. The van der Waals surface area contributed by atoms with Gasteiger partial charge in [-0.2, -0.15) is 0 Å². The van der Waals surface area contributed by atoms with E-state index in [1.165, 1.54) is 19.2 Å². The molecule has 25 heavy (non-hydrogen) atoms. The molecule has 1 fully saturated rings. The summed E-state index contributed by atoms with van der Waals surface area (Å²) >= 11 is 5.91. The van der Waals surface area contributed by atoms with E-state index in [0.717, 1.165) is 18.9 Å². The smallest absolute Gasteiger partial charge is 0.340 e. The van der Waals surface area contributed by atoms with E-state index < -0.39 is 28.5 Å². The third kappa shape index (κ3) is 5.40. The zero-order valence-corrected chi connectivity index (χ0v) is 15.2. The summed E-state index contributed by atoms with van der Waals surface area (Å²) < 4.78 is 36.0. The predicted octanol–water partition coefficient (Wildman–Crippen LogP) is 0.700. The summed E-state index contributed by atoms with van der Waals surface area (Å²) in [4.78, 5) is 23.7. The van der Waals surface area contributed by atoms with Crippen LogP contribution in [0.1, 0.15) is 23.2 Å². The van der Waals surface area contributed by atoms with Crippen molar-refractivity contribution in [1.29, 1.82) is 0 Å². The normalized spacial score (nSPS) is 17.3. The standard InChI is InChI=1S/C15H19ClN2O6S/c1-17-25(21,22)11-4-5-13(16)12(7-11)15(20)24-9-14(19)18-8-10-3-2-6-23-10/h4-5,7,10,17H,2-3,6,8-9H2,1H3,(H,18,19)/t10-/m1/s1. The Morgan fingerprint density at radius 3 is 2.80 bits per heavy atom. The Morgan fingerprint density at radius 2 is 2.16 bits per heavy atom. The third-order valence-electron chi connectivity index (χ3n) is 3.62. The first-order valence-corrected chi connectivity index (χ1v) is 9.48. The second kappa shape index (κ2) is 8.61. The molecular weight excluding hydrogens is 372 g/mol. The Hall–Kier alpha value is -1.68. The summed E-state index contributed by atoms with van der Waals surface area (Å²) in [6, 6.07) is 3.64. The molecule has 1 aromatic rings. The highest BCUT2D eigenvalue weighted by atomic mass is 35.5. The van der Waals surface area contributed by atoms with Crippen molar-refractivity contribution in [3.63, 3.8) is 0 Å². The number of esters is 1. The average molecular weight is 391 g/mol. The number of hydrogen-bond acceptors (Lipinski definition) is 6. The fourth-order valence-electron chi connectivity index (χ4n) is 2.24. The maximum Gasteiger partial charge on any atom is 0.340 e. The van der Waals surface area contributed by atoms with E-state index in [2.05, 4.69) is 10.0 Å². The van der Waals surface area contributed by atoms with E-state index in [0.29, 0.717) is 13.2 Å². The lowest BCUT2D eigenvalue weighted by atomic mass is 10.2. The van der Waals surface area contributed by atoms with Crippen molar-refractivity contribution < 1.29 is 27.5 Å². The summed E-state index contributed by atoms with van der Waals surface area (Å²) in [5, 5.41) is 2.64. The van der Waals surface area contributed by atoms with Crippen LogP contribution in [0.4, 0.5) is 0 Å². The molecule has 0 saturated carbocycles. The quantitative estimate of drug-likeness (QED) is 0.663. The van der Waals surface area contributed by atoms with Crippen LogP contribution in [0.25, 0.3) is 0 Å². The number of hydrogen-bond donors (Lipinski definition) is 2. The molecule has 1 heterocycles. The number of benzene rings is 1. The van der Waals surface area contributed by atoms with Crippen molar-refractivity contribution in [1.82, 2.24) is 10.0 Å². The minimum Gasteiger partial charge on any atom is -0.452 e. The number of nitrogens with one attached hydrogen (secondary N) is 2. The molecule has 0 aromatic heterocycles. The zero-order chi connectivity index (χ0) is 18.4. The lowest BCUT2D eigenvalue weighted by Gasteiger charge is -2.11. The SMILES string of the molecule is CNS(=O)(=O)c1ccc(Cl)c(C(=O)OCC(=O)NC[C@H]2CCCO2)c1. The van der Waals surface area contributed by atoms with Gasteiger partial charge in [0.1, 0.15) is 0 Å². The van der Waals surface area contributed by atoms with E-state index in [1.54, 1.807) is 0 Å². The molecule has 1 atom stereocenters. The highest BCUT2D eigenvalue weighted by molar-refractivity contribution is 7.89. The molecular formula is C15H19ClN2O6S. The van der Waals surface area contributed by atoms with Gasteiger partial charge in [0.05, 0.1) is 21.6 Å². The molecule has 1 amide bonds. The molecule has 2 rings (SSSR count). The molecule has 0 unspecified atom stereocenters. The molecule has 10 heteroatoms. The van der Waals surface area contributed by atoms with Crippen LogP contribution in [0.15, 0.2) is 23.1 Å². The molecule has 0 radical (unpaired) electrons. The number of sulfonamides is 1. The van der Waals surface area contributed by atoms with Crippen LogP contribution in [0.3, 0.4) is 0 Å². The van der Waals surface area contributed by atoms with E-state index in [9.17, 15) is 18.0 Å². The minimum atomic E-state index is -3.73. The molecule has 138 valence electrons. The predicted molar refractivity (Wildman–Crippen MR) is 90.0 cm³/mol. The lowest BCUT2D eigenvalue weighted by molar-refractivity contribution is -0.124. The average Bonchev–Trinajstić information content (AvgIpc) is 3.11. The van der Waals surface area contributed by atoms with E-state index in [-0.39, 0.29) is 21.6 Å². The molecule has 0 spiro atoms. The van der Waals surface area contributed by atoms with E-state index >= 15 is 0 Å². The van der Waals surface area contributed by atoms with Crippen molar-refractivity contribution in [2.45, 2.75) is 23.8 Å². The first-order chi connectivity index (χ1) is 11.8. The Morgan fingerprint density at radius 1 is 1.40 bits per heavy atom. The topological polar surface area (TPSA) is 111 Å². The van der Waals surface area contributed by atoms with Crippen molar-refractivity contribution in [3.05, 3.63) is 28.8 Å². The summed E-state index contributed by atoms with van der Waals surface area (Å²) in [5.74, 6) is -1.36. The maximum atomic E-state index is 12.1. The number of amides is 1. The van der Waals surface area contributed by atoms with Gasteiger partial charge in [0, 0.05) is 13.2 Å². The first-order valence-electron chi connectivity index (χ1n) is 7.62. The molecule has 1 aromatic carbocycles. The Labute approximate surface area is 150 Å². The van der Waals surface area contributed by atoms with Gasteiger partial charge in [-0.15, -0.1) is 0 Å². The van der Waals surface area contributed by atoms with Gasteiger partial charge in [-0.25, -0.2) is 17.9 Å². The summed E-state index contributed by atoms with van der Waals surface area (Å²) in [5.41, 5.74) is -0.134. The number of carbonyl (C=O) groups excluding carboxylic acids is 2. The first kappa shape index (κ1) is 19.6. The Kier molecular flexibility index (Phi) is 6.77. The molecule has 0 aliphatic carbocycles. The molecule has 1 saturated heterocycles. The van der Waals surface area contributed by atoms with Crippen molar-refractivity contribution in [2.24, 2.45) is 0 Å². The van der Waals surface area contributed by atoms with Crippen LogP contribution < -0.4 is 10.0 Å². The molecule has 8 nitrogen and oxygen atoms in total.